The van der Waals surface area contributed by atoms with Crippen LogP contribution < -0.4 is 4.74 Å². The Kier molecular flexibility index (Phi) is 4.63. The van der Waals surface area contributed by atoms with Crippen LogP contribution in [0, 0.1) is 10.1 Å². The average Bonchev–Trinajstić information content (AvgIpc) is 2.43. The van der Waals surface area contributed by atoms with Crippen LogP contribution in [-0.4, -0.2) is 47.0 Å². The van der Waals surface area contributed by atoms with E-state index in [-0.39, 0.29) is 17.0 Å². The lowest BCUT2D eigenvalue weighted by molar-refractivity contribution is -0.385. The second kappa shape index (κ2) is 6.00. The summed E-state index contributed by atoms with van der Waals surface area (Å²) in [7, 11) is 2.60. The van der Waals surface area contributed by atoms with E-state index in [9.17, 15) is 19.7 Å². The van der Waals surface area contributed by atoms with Gasteiger partial charge in [0, 0.05) is 18.7 Å². The highest BCUT2D eigenvalue weighted by Gasteiger charge is 2.25. The lowest BCUT2D eigenvalue weighted by Crippen LogP contribution is -2.40. The van der Waals surface area contributed by atoms with Gasteiger partial charge >= 0.3 is 11.7 Å². The van der Waals surface area contributed by atoms with Crippen molar-refractivity contribution in [1.82, 2.24) is 4.90 Å². The maximum Gasteiger partial charge on any atom is 0.326 e. The molecule has 8 heteroatoms. The highest BCUT2D eigenvalue weighted by atomic mass is 16.6. The Labute approximate surface area is 114 Å². The Bertz CT molecular complexity index is 557. The number of carbonyl (C=O) groups is 2. The third-order valence-electron chi connectivity index (χ3n) is 2.88. The van der Waals surface area contributed by atoms with Gasteiger partial charge in [-0.25, -0.2) is 4.79 Å². The largest absolute Gasteiger partial charge is 0.490 e. The van der Waals surface area contributed by atoms with Crippen molar-refractivity contribution in [3.05, 3.63) is 33.9 Å². The SMILES string of the molecule is COc1ccc(C(=O)N(C)C(C)C(=O)O)cc1[N+](=O)[O-]. The Morgan fingerprint density at radius 2 is 2.05 bits per heavy atom. The fourth-order valence-corrected chi connectivity index (χ4v) is 1.51. The molecule has 0 aliphatic rings. The molecule has 0 spiro atoms. The van der Waals surface area contributed by atoms with Gasteiger partial charge in [0.2, 0.25) is 0 Å². The van der Waals surface area contributed by atoms with Gasteiger partial charge in [-0.15, -0.1) is 0 Å². The number of hydrogen-bond acceptors (Lipinski definition) is 5. The van der Waals surface area contributed by atoms with Crippen LogP contribution in [-0.2, 0) is 4.79 Å². The zero-order chi connectivity index (χ0) is 15.4. The number of nitrogens with zero attached hydrogens (tertiary/aromatic N) is 2. The lowest BCUT2D eigenvalue weighted by atomic mass is 10.1. The van der Waals surface area contributed by atoms with Crippen LogP contribution in [0.4, 0.5) is 5.69 Å². The first-order chi connectivity index (χ1) is 9.29. The van der Waals surface area contributed by atoms with Crippen LogP contribution in [0.15, 0.2) is 18.2 Å². The molecule has 0 bridgehead atoms. The molecule has 8 nitrogen and oxygen atoms in total. The summed E-state index contributed by atoms with van der Waals surface area (Å²) in [5.74, 6) is -1.75. The molecule has 0 saturated heterocycles. The molecule has 108 valence electrons. The molecule has 1 N–H and O–H groups in total. The van der Waals surface area contributed by atoms with E-state index in [4.69, 9.17) is 9.84 Å². The van der Waals surface area contributed by atoms with Crippen molar-refractivity contribution in [2.24, 2.45) is 0 Å². The molecule has 0 aromatic heterocycles. The normalized spacial score (nSPS) is 11.6. The van der Waals surface area contributed by atoms with Crippen molar-refractivity contribution in [2.45, 2.75) is 13.0 Å². The van der Waals surface area contributed by atoms with Crippen molar-refractivity contribution in [3.63, 3.8) is 0 Å². The first-order valence-electron chi connectivity index (χ1n) is 5.62. The van der Waals surface area contributed by atoms with E-state index in [2.05, 4.69) is 0 Å². The predicted molar refractivity (Wildman–Crippen MR) is 68.8 cm³/mol. The standard InChI is InChI=1S/C12H14N2O6/c1-7(12(16)17)13(2)11(15)8-4-5-10(20-3)9(6-8)14(18)19/h4-7H,1-3H3,(H,16,17). The van der Waals surface area contributed by atoms with E-state index in [1.54, 1.807) is 0 Å². The first kappa shape index (κ1) is 15.4. The monoisotopic (exact) mass is 282 g/mol. The summed E-state index contributed by atoms with van der Waals surface area (Å²) >= 11 is 0. The molecule has 1 aromatic carbocycles. The molecule has 0 aliphatic heterocycles. The molecule has 0 heterocycles. The summed E-state index contributed by atoms with van der Waals surface area (Å²) < 4.78 is 4.83. The minimum Gasteiger partial charge on any atom is -0.490 e. The highest BCUT2D eigenvalue weighted by molar-refractivity contribution is 5.97. The summed E-state index contributed by atoms with van der Waals surface area (Å²) in [5, 5.41) is 19.7. The van der Waals surface area contributed by atoms with Crippen LogP contribution in [0.5, 0.6) is 5.75 Å². The van der Waals surface area contributed by atoms with Gasteiger partial charge in [-0.05, 0) is 19.1 Å². The predicted octanol–water partition coefficient (Wildman–Crippen LogP) is 1.15. The summed E-state index contributed by atoms with van der Waals surface area (Å²) in [6.07, 6.45) is 0. The summed E-state index contributed by atoms with van der Waals surface area (Å²) in [6.45, 7) is 1.35. The maximum absolute atomic E-state index is 12.1. The van der Waals surface area contributed by atoms with Gasteiger partial charge in [0.1, 0.15) is 6.04 Å². The smallest absolute Gasteiger partial charge is 0.326 e. The highest BCUT2D eigenvalue weighted by Crippen LogP contribution is 2.28. The second-order valence-electron chi connectivity index (χ2n) is 4.07. The Hall–Kier alpha value is -2.64. The van der Waals surface area contributed by atoms with Crippen LogP contribution in [0.3, 0.4) is 0 Å². The van der Waals surface area contributed by atoms with Crippen molar-refractivity contribution in [1.29, 1.82) is 0 Å². The molecule has 0 saturated carbocycles. The topological polar surface area (TPSA) is 110 Å². The third-order valence-corrected chi connectivity index (χ3v) is 2.88. The van der Waals surface area contributed by atoms with Crippen LogP contribution in [0.1, 0.15) is 17.3 Å². The zero-order valence-corrected chi connectivity index (χ0v) is 11.2. The maximum atomic E-state index is 12.1. The van der Waals surface area contributed by atoms with Gasteiger partial charge in [-0.3, -0.25) is 14.9 Å². The minimum absolute atomic E-state index is 0.0214. The van der Waals surface area contributed by atoms with E-state index in [1.165, 1.54) is 33.2 Å². The number of carbonyl (C=O) groups excluding carboxylic acids is 1. The Morgan fingerprint density at radius 1 is 1.45 bits per heavy atom. The molecule has 0 radical (unpaired) electrons. The summed E-state index contributed by atoms with van der Waals surface area (Å²) in [6, 6.07) is 2.67. The van der Waals surface area contributed by atoms with E-state index < -0.39 is 22.8 Å². The number of rotatable bonds is 5. The van der Waals surface area contributed by atoms with E-state index in [0.29, 0.717) is 0 Å². The van der Waals surface area contributed by atoms with Crippen molar-refractivity contribution >= 4 is 17.6 Å². The van der Waals surface area contributed by atoms with Gasteiger partial charge < -0.3 is 14.7 Å². The quantitative estimate of drug-likeness (QED) is 0.640. The molecule has 0 fully saturated rings. The number of aliphatic carboxylic acids is 1. The van der Waals surface area contributed by atoms with E-state index in [1.807, 2.05) is 0 Å². The van der Waals surface area contributed by atoms with E-state index >= 15 is 0 Å². The lowest BCUT2D eigenvalue weighted by Gasteiger charge is -2.21. The molecular weight excluding hydrogens is 268 g/mol. The van der Waals surface area contributed by atoms with Crippen LogP contribution in [0.2, 0.25) is 0 Å². The molecule has 0 aliphatic carbocycles. The third kappa shape index (κ3) is 3.02. The van der Waals surface area contributed by atoms with Gasteiger partial charge in [0.05, 0.1) is 12.0 Å². The zero-order valence-electron chi connectivity index (χ0n) is 11.2. The molecule has 1 rings (SSSR count). The van der Waals surface area contributed by atoms with E-state index in [0.717, 1.165) is 11.0 Å². The molecule has 1 aromatic rings. The first-order valence-corrected chi connectivity index (χ1v) is 5.62. The van der Waals surface area contributed by atoms with Crippen molar-refractivity contribution in [2.75, 3.05) is 14.2 Å². The average molecular weight is 282 g/mol. The van der Waals surface area contributed by atoms with Crippen molar-refractivity contribution in [3.8, 4) is 5.75 Å². The number of carboxylic acid groups (broad SMARTS) is 1. The van der Waals surface area contributed by atoms with Gasteiger partial charge in [0.15, 0.2) is 5.75 Å². The van der Waals surface area contributed by atoms with Crippen LogP contribution in [0.25, 0.3) is 0 Å². The fraction of sp³-hybridized carbons (Fsp3) is 0.333. The molecular formula is C12H14N2O6. The Morgan fingerprint density at radius 3 is 2.50 bits per heavy atom. The van der Waals surface area contributed by atoms with Crippen molar-refractivity contribution < 1.29 is 24.4 Å². The molecule has 1 atom stereocenters. The number of nitro groups is 1. The number of likely N-dealkylation sites (N-methyl/N-ethyl adjacent to an activating group) is 1. The minimum atomic E-state index is -1.16. The molecule has 20 heavy (non-hydrogen) atoms. The Balaban J connectivity index is 3.14. The van der Waals surface area contributed by atoms with Crippen LogP contribution >= 0.6 is 0 Å². The molecule has 1 amide bonds. The number of hydrogen-bond donors (Lipinski definition) is 1. The number of methoxy groups -OCH3 is 1. The number of amides is 1. The van der Waals surface area contributed by atoms with Gasteiger partial charge in [-0.2, -0.15) is 0 Å². The number of carboxylic acids is 1. The summed E-state index contributed by atoms with van der Waals surface area (Å²) in [4.78, 5) is 34.1. The number of benzene rings is 1. The number of ether oxygens (including phenoxy) is 1. The van der Waals surface area contributed by atoms with Gasteiger partial charge in [0.25, 0.3) is 5.91 Å². The summed E-state index contributed by atoms with van der Waals surface area (Å²) in [5.41, 5.74) is -0.331. The molecule has 1 unspecified atom stereocenters. The fourth-order valence-electron chi connectivity index (χ4n) is 1.51. The number of nitro benzene ring substituents is 1. The van der Waals surface area contributed by atoms with Gasteiger partial charge in [-0.1, -0.05) is 0 Å². The second-order valence-corrected chi connectivity index (χ2v) is 4.07.